The maximum atomic E-state index is 12.6. The number of amides is 1. The number of hydrogen-bond acceptors (Lipinski definition) is 6. The molecule has 1 amide bonds. The van der Waals surface area contributed by atoms with Crippen molar-refractivity contribution in [3.05, 3.63) is 78.6 Å². The Hall–Kier alpha value is -3.17. The summed E-state index contributed by atoms with van der Waals surface area (Å²) in [5, 5.41) is 13.6. The van der Waals surface area contributed by atoms with Crippen molar-refractivity contribution in [2.45, 2.75) is 15.8 Å². The van der Waals surface area contributed by atoms with E-state index in [0.29, 0.717) is 11.0 Å². The third kappa shape index (κ3) is 4.95. The predicted octanol–water partition coefficient (Wildman–Crippen LogP) is 3.67. The Morgan fingerprint density at radius 2 is 1.68 bits per heavy atom. The Morgan fingerprint density at radius 1 is 0.968 bits per heavy atom. The molecule has 0 unspecified atom stereocenters. The van der Waals surface area contributed by atoms with Crippen molar-refractivity contribution in [3.63, 3.8) is 0 Å². The summed E-state index contributed by atoms with van der Waals surface area (Å²) < 4.78 is 26.8. The highest BCUT2D eigenvalue weighted by Crippen LogP contribution is 2.21. The fraction of sp³-hybridized carbons (Fsp3) is 0.136. The molecule has 0 spiro atoms. The van der Waals surface area contributed by atoms with Crippen LogP contribution in [0, 0.1) is 0 Å². The van der Waals surface area contributed by atoms with Crippen molar-refractivity contribution in [2.24, 2.45) is 7.05 Å². The fourth-order valence-corrected chi connectivity index (χ4v) is 5.13. The van der Waals surface area contributed by atoms with Crippen LogP contribution in [0.15, 0.2) is 82.8 Å². The third-order valence-electron chi connectivity index (χ3n) is 4.71. The monoisotopic (exact) mass is 452 g/mol. The molecule has 1 N–H and O–H groups in total. The zero-order valence-corrected chi connectivity index (χ0v) is 18.4. The van der Waals surface area contributed by atoms with Gasteiger partial charge in [0, 0.05) is 12.7 Å². The molecule has 0 saturated carbocycles. The SMILES string of the molecule is Cn1c(CS(=O)(=O)c2ccccc2)nnc1SCC(=O)Nc1ccc2ccccc2c1. The van der Waals surface area contributed by atoms with Crippen molar-refractivity contribution < 1.29 is 13.2 Å². The zero-order chi connectivity index (χ0) is 21.8. The molecule has 0 aliphatic carbocycles. The molecule has 4 aromatic rings. The fourth-order valence-electron chi connectivity index (χ4n) is 3.07. The van der Waals surface area contributed by atoms with E-state index in [1.165, 1.54) is 11.8 Å². The van der Waals surface area contributed by atoms with Crippen LogP contribution >= 0.6 is 11.8 Å². The molecule has 9 heteroatoms. The van der Waals surface area contributed by atoms with Gasteiger partial charge in [-0.3, -0.25) is 4.79 Å². The van der Waals surface area contributed by atoms with Crippen LogP contribution in [0.2, 0.25) is 0 Å². The second-order valence-electron chi connectivity index (χ2n) is 6.93. The lowest BCUT2D eigenvalue weighted by molar-refractivity contribution is -0.113. The number of nitrogens with one attached hydrogen (secondary N) is 1. The molecule has 7 nitrogen and oxygen atoms in total. The van der Waals surface area contributed by atoms with Gasteiger partial charge in [-0.2, -0.15) is 0 Å². The maximum absolute atomic E-state index is 12.6. The van der Waals surface area contributed by atoms with Crippen molar-refractivity contribution in [1.82, 2.24) is 14.8 Å². The number of carbonyl (C=O) groups excluding carboxylic acids is 1. The highest BCUT2D eigenvalue weighted by Gasteiger charge is 2.20. The summed E-state index contributed by atoms with van der Waals surface area (Å²) >= 11 is 1.20. The smallest absolute Gasteiger partial charge is 0.234 e. The van der Waals surface area contributed by atoms with Gasteiger partial charge in [0.1, 0.15) is 11.6 Å². The van der Waals surface area contributed by atoms with E-state index in [9.17, 15) is 13.2 Å². The largest absolute Gasteiger partial charge is 0.325 e. The minimum atomic E-state index is -3.52. The minimum absolute atomic E-state index is 0.129. The molecule has 0 radical (unpaired) electrons. The molecule has 0 fully saturated rings. The Bertz CT molecular complexity index is 1340. The van der Waals surface area contributed by atoms with Gasteiger partial charge in [-0.1, -0.05) is 60.3 Å². The molecule has 0 aliphatic rings. The number of anilines is 1. The summed E-state index contributed by atoms with van der Waals surface area (Å²) in [4.78, 5) is 12.6. The Balaban J connectivity index is 1.38. The van der Waals surface area contributed by atoms with Gasteiger partial charge in [0.15, 0.2) is 15.0 Å². The Morgan fingerprint density at radius 3 is 2.45 bits per heavy atom. The van der Waals surface area contributed by atoms with E-state index in [1.807, 2.05) is 42.5 Å². The average molecular weight is 453 g/mol. The first-order chi connectivity index (χ1) is 14.9. The molecule has 0 bridgehead atoms. The number of hydrogen-bond donors (Lipinski definition) is 1. The van der Waals surface area contributed by atoms with Crippen LogP contribution in [0.5, 0.6) is 0 Å². The van der Waals surface area contributed by atoms with E-state index in [4.69, 9.17) is 0 Å². The molecule has 4 rings (SSSR count). The average Bonchev–Trinajstić information content (AvgIpc) is 3.11. The van der Waals surface area contributed by atoms with Gasteiger partial charge < -0.3 is 9.88 Å². The van der Waals surface area contributed by atoms with E-state index in [2.05, 4.69) is 15.5 Å². The Kier molecular flexibility index (Phi) is 6.06. The van der Waals surface area contributed by atoms with Gasteiger partial charge >= 0.3 is 0 Å². The number of carbonyl (C=O) groups is 1. The van der Waals surface area contributed by atoms with Crippen molar-refractivity contribution >= 4 is 44.0 Å². The number of rotatable bonds is 7. The molecule has 31 heavy (non-hydrogen) atoms. The van der Waals surface area contributed by atoms with Gasteiger partial charge in [-0.25, -0.2) is 8.42 Å². The van der Waals surface area contributed by atoms with E-state index < -0.39 is 9.84 Å². The van der Waals surface area contributed by atoms with Crippen LogP contribution in [-0.2, 0) is 27.4 Å². The van der Waals surface area contributed by atoms with E-state index in [-0.39, 0.29) is 22.3 Å². The summed E-state index contributed by atoms with van der Waals surface area (Å²) in [6.07, 6.45) is 0. The van der Waals surface area contributed by atoms with E-state index in [0.717, 1.165) is 16.5 Å². The van der Waals surface area contributed by atoms with Gasteiger partial charge in [-0.15, -0.1) is 10.2 Å². The maximum Gasteiger partial charge on any atom is 0.234 e. The number of aromatic nitrogens is 3. The quantitative estimate of drug-likeness (QED) is 0.430. The molecule has 3 aromatic carbocycles. The normalized spacial score (nSPS) is 11.5. The van der Waals surface area contributed by atoms with Crippen LogP contribution in [0.3, 0.4) is 0 Å². The van der Waals surface area contributed by atoms with Crippen molar-refractivity contribution in [1.29, 1.82) is 0 Å². The van der Waals surface area contributed by atoms with E-state index in [1.54, 1.807) is 41.9 Å². The van der Waals surface area contributed by atoms with Gasteiger partial charge in [-0.05, 0) is 35.0 Å². The number of thioether (sulfide) groups is 1. The van der Waals surface area contributed by atoms with Crippen LogP contribution in [0.4, 0.5) is 5.69 Å². The minimum Gasteiger partial charge on any atom is -0.325 e. The second-order valence-corrected chi connectivity index (χ2v) is 9.86. The molecule has 1 aromatic heterocycles. The Labute approximate surface area is 184 Å². The standard InChI is InChI=1S/C22H20N4O3S2/c1-26-20(15-31(28,29)19-9-3-2-4-10-19)24-25-22(26)30-14-21(27)23-18-12-11-16-7-5-6-8-17(16)13-18/h2-13H,14-15H2,1H3,(H,23,27). The number of benzene rings is 3. The van der Waals surface area contributed by atoms with Gasteiger partial charge in [0.05, 0.1) is 10.6 Å². The van der Waals surface area contributed by atoms with Crippen LogP contribution in [0.25, 0.3) is 10.8 Å². The van der Waals surface area contributed by atoms with Crippen LogP contribution in [-0.4, -0.2) is 34.8 Å². The van der Waals surface area contributed by atoms with Gasteiger partial charge in [0.25, 0.3) is 0 Å². The summed E-state index contributed by atoms with van der Waals surface area (Å²) in [6.45, 7) is 0. The third-order valence-corrected chi connectivity index (χ3v) is 7.36. The first-order valence-corrected chi connectivity index (χ1v) is 12.1. The van der Waals surface area contributed by atoms with E-state index >= 15 is 0 Å². The topological polar surface area (TPSA) is 93.9 Å². The predicted molar refractivity (Wildman–Crippen MR) is 122 cm³/mol. The molecule has 0 atom stereocenters. The summed E-state index contributed by atoms with van der Waals surface area (Å²) in [6, 6.07) is 21.9. The molecule has 0 aliphatic heterocycles. The molecule has 158 valence electrons. The summed E-state index contributed by atoms with van der Waals surface area (Å²) in [7, 11) is -1.83. The molecular formula is C22H20N4O3S2. The molecular weight excluding hydrogens is 432 g/mol. The highest BCUT2D eigenvalue weighted by molar-refractivity contribution is 7.99. The lowest BCUT2D eigenvalue weighted by atomic mass is 10.1. The summed E-state index contributed by atoms with van der Waals surface area (Å²) in [5.74, 6) is 0.0113. The lowest BCUT2D eigenvalue weighted by Crippen LogP contribution is -2.14. The van der Waals surface area contributed by atoms with Crippen LogP contribution < -0.4 is 5.32 Å². The van der Waals surface area contributed by atoms with Crippen LogP contribution in [0.1, 0.15) is 5.82 Å². The highest BCUT2D eigenvalue weighted by atomic mass is 32.2. The molecule has 0 saturated heterocycles. The summed E-state index contributed by atoms with van der Waals surface area (Å²) in [5.41, 5.74) is 0.719. The molecule has 1 heterocycles. The van der Waals surface area contributed by atoms with Crippen molar-refractivity contribution in [2.75, 3.05) is 11.1 Å². The first kappa shape index (κ1) is 21.1. The van der Waals surface area contributed by atoms with Crippen molar-refractivity contribution in [3.8, 4) is 0 Å². The first-order valence-electron chi connectivity index (χ1n) is 9.50. The van der Waals surface area contributed by atoms with Gasteiger partial charge in [0.2, 0.25) is 5.91 Å². The zero-order valence-electron chi connectivity index (χ0n) is 16.7. The number of nitrogens with zero attached hydrogens (tertiary/aromatic N) is 3. The number of sulfone groups is 1. The lowest BCUT2D eigenvalue weighted by Gasteiger charge is -2.07. The second kappa shape index (κ2) is 8.91. The number of fused-ring (bicyclic) bond motifs is 1.